The summed E-state index contributed by atoms with van der Waals surface area (Å²) >= 11 is 3.32. The minimum Gasteiger partial charge on any atom is -0.496 e. The topological polar surface area (TPSA) is 64.6 Å². The van der Waals surface area contributed by atoms with E-state index in [9.17, 15) is 9.59 Å². The Bertz CT molecular complexity index is 821. The Labute approximate surface area is 160 Å². The van der Waals surface area contributed by atoms with Gasteiger partial charge in [-0.25, -0.2) is 4.79 Å². The summed E-state index contributed by atoms with van der Waals surface area (Å²) in [6.07, 6.45) is 2.95. The highest BCUT2D eigenvalue weighted by atomic mass is 79.9. The number of ether oxygens (including phenoxy) is 2. The molecular weight excluding hydrogens is 398 g/mol. The first-order valence-electron chi connectivity index (χ1n) is 8.46. The van der Waals surface area contributed by atoms with Crippen LogP contribution in [-0.4, -0.2) is 25.6 Å². The molecule has 0 spiro atoms. The Hall–Kier alpha value is -2.34. The van der Waals surface area contributed by atoms with Gasteiger partial charge in [-0.15, -0.1) is 0 Å². The summed E-state index contributed by atoms with van der Waals surface area (Å²) < 4.78 is 10.9. The van der Waals surface area contributed by atoms with Crippen LogP contribution >= 0.6 is 15.9 Å². The number of amides is 1. The first-order chi connectivity index (χ1) is 12.6. The van der Waals surface area contributed by atoms with Crippen LogP contribution in [0.15, 0.2) is 46.9 Å². The molecule has 6 heteroatoms. The molecule has 0 fully saturated rings. The predicted octanol–water partition coefficient (Wildman–Crippen LogP) is 3.81. The fourth-order valence-electron chi connectivity index (χ4n) is 3.15. The van der Waals surface area contributed by atoms with Gasteiger partial charge in [0.2, 0.25) is 0 Å². The Morgan fingerprint density at radius 1 is 1.23 bits per heavy atom. The lowest BCUT2D eigenvalue weighted by molar-refractivity contribution is -0.125. The van der Waals surface area contributed by atoms with Crippen molar-refractivity contribution in [1.82, 2.24) is 5.32 Å². The van der Waals surface area contributed by atoms with E-state index in [1.807, 2.05) is 18.2 Å². The van der Waals surface area contributed by atoms with Gasteiger partial charge in [-0.3, -0.25) is 4.79 Å². The minimum absolute atomic E-state index is 0.0266. The van der Waals surface area contributed by atoms with Gasteiger partial charge in [0, 0.05) is 0 Å². The van der Waals surface area contributed by atoms with Crippen molar-refractivity contribution in [2.45, 2.75) is 25.3 Å². The van der Waals surface area contributed by atoms with Crippen LogP contribution < -0.4 is 10.1 Å². The maximum absolute atomic E-state index is 12.2. The Kier molecular flexibility index (Phi) is 5.93. The number of carbonyl (C=O) groups excluding carboxylic acids is 2. The van der Waals surface area contributed by atoms with Gasteiger partial charge in [-0.1, -0.05) is 24.3 Å². The molecule has 0 bridgehead atoms. The molecule has 26 heavy (non-hydrogen) atoms. The van der Waals surface area contributed by atoms with E-state index in [-0.39, 0.29) is 18.6 Å². The number of rotatable bonds is 5. The number of fused-ring (bicyclic) bond motifs is 1. The van der Waals surface area contributed by atoms with Gasteiger partial charge in [0.15, 0.2) is 6.61 Å². The van der Waals surface area contributed by atoms with Crippen molar-refractivity contribution in [2.24, 2.45) is 0 Å². The molecule has 0 saturated heterocycles. The lowest BCUT2D eigenvalue weighted by Crippen LogP contribution is -2.34. The van der Waals surface area contributed by atoms with Crippen molar-refractivity contribution >= 4 is 27.8 Å². The molecule has 1 atom stereocenters. The van der Waals surface area contributed by atoms with Crippen LogP contribution in [0, 0.1) is 0 Å². The van der Waals surface area contributed by atoms with Crippen molar-refractivity contribution in [2.75, 3.05) is 13.7 Å². The lowest BCUT2D eigenvalue weighted by atomic mass is 9.88. The number of aryl methyl sites for hydroxylation is 1. The molecule has 2 aromatic carbocycles. The largest absolute Gasteiger partial charge is 0.496 e. The number of methoxy groups -OCH3 is 1. The molecular formula is C20H20BrNO4. The number of benzene rings is 2. The highest BCUT2D eigenvalue weighted by Crippen LogP contribution is 2.29. The first kappa shape index (κ1) is 18.5. The van der Waals surface area contributed by atoms with E-state index in [0.717, 1.165) is 24.8 Å². The molecule has 3 rings (SSSR count). The van der Waals surface area contributed by atoms with Gasteiger partial charge < -0.3 is 14.8 Å². The van der Waals surface area contributed by atoms with Gasteiger partial charge >= 0.3 is 5.97 Å². The second kappa shape index (κ2) is 8.36. The Morgan fingerprint density at radius 2 is 2.04 bits per heavy atom. The molecule has 136 valence electrons. The van der Waals surface area contributed by atoms with Gasteiger partial charge in [0.25, 0.3) is 5.91 Å². The van der Waals surface area contributed by atoms with Crippen molar-refractivity contribution in [3.63, 3.8) is 0 Å². The summed E-state index contributed by atoms with van der Waals surface area (Å²) in [5.41, 5.74) is 2.77. The van der Waals surface area contributed by atoms with Crippen molar-refractivity contribution in [1.29, 1.82) is 0 Å². The van der Waals surface area contributed by atoms with Gasteiger partial charge in [0.1, 0.15) is 5.75 Å². The third kappa shape index (κ3) is 4.25. The van der Waals surface area contributed by atoms with E-state index in [1.165, 1.54) is 5.56 Å². The highest BCUT2D eigenvalue weighted by Gasteiger charge is 2.22. The van der Waals surface area contributed by atoms with Gasteiger partial charge in [0.05, 0.1) is 23.2 Å². The average molecular weight is 418 g/mol. The molecule has 2 aromatic rings. The van der Waals surface area contributed by atoms with Crippen LogP contribution in [0.1, 0.15) is 40.4 Å². The zero-order chi connectivity index (χ0) is 18.5. The number of hydrogen-bond donors (Lipinski definition) is 1. The normalized spacial score (nSPS) is 15.7. The quantitative estimate of drug-likeness (QED) is 0.751. The maximum Gasteiger partial charge on any atom is 0.338 e. The molecule has 1 amide bonds. The molecule has 5 nitrogen and oxygen atoms in total. The molecule has 0 radical (unpaired) electrons. The van der Waals surface area contributed by atoms with Crippen molar-refractivity contribution in [3.8, 4) is 5.75 Å². The molecule has 0 aliphatic heterocycles. The third-order valence-electron chi connectivity index (χ3n) is 4.43. The lowest BCUT2D eigenvalue weighted by Gasteiger charge is -2.26. The number of hydrogen-bond acceptors (Lipinski definition) is 4. The second-order valence-electron chi connectivity index (χ2n) is 6.14. The Balaban J connectivity index is 1.56. The van der Waals surface area contributed by atoms with E-state index in [1.54, 1.807) is 25.3 Å². The van der Waals surface area contributed by atoms with Crippen LogP contribution in [0.3, 0.4) is 0 Å². The number of halogens is 1. The van der Waals surface area contributed by atoms with E-state index >= 15 is 0 Å². The van der Waals surface area contributed by atoms with Gasteiger partial charge in [-0.2, -0.15) is 0 Å². The number of carbonyl (C=O) groups is 2. The van der Waals surface area contributed by atoms with E-state index in [0.29, 0.717) is 15.8 Å². The van der Waals surface area contributed by atoms with Crippen LogP contribution in [0.25, 0.3) is 0 Å². The zero-order valence-electron chi connectivity index (χ0n) is 14.5. The standard InChI is InChI=1S/C20H20BrNO4/c1-25-18-10-9-14(11-16(18)21)20(24)26-12-19(23)22-17-8-4-6-13-5-2-3-7-15(13)17/h2-3,5,7,9-11,17H,4,6,8,12H2,1H3,(H,22,23)/t17-/m0/s1. The van der Waals surface area contributed by atoms with Crippen molar-refractivity contribution in [3.05, 3.63) is 63.6 Å². The molecule has 1 aliphatic carbocycles. The first-order valence-corrected chi connectivity index (χ1v) is 9.25. The summed E-state index contributed by atoms with van der Waals surface area (Å²) in [5, 5.41) is 2.97. The minimum atomic E-state index is -0.549. The monoisotopic (exact) mass is 417 g/mol. The van der Waals surface area contributed by atoms with Crippen LogP contribution in [-0.2, 0) is 16.0 Å². The number of nitrogens with one attached hydrogen (secondary N) is 1. The third-order valence-corrected chi connectivity index (χ3v) is 5.05. The molecule has 0 aromatic heterocycles. The SMILES string of the molecule is COc1ccc(C(=O)OCC(=O)N[C@H]2CCCc3ccccc32)cc1Br. The number of esters is 1. The summed E-state index contributed by atoms with van der Waals surface area (Å²) in [5.74, 6) is -0.226. The van der Waals surface area contributed by atoms with Crippen LogP contribution in [0.4, 0.5) is 0 Å². The molecule has 0 saturated carbocycles. The Morgan fingerprint density at radius 3 is 2.81 bits per heavy atom. The fourth-order valence-corrected chi connectivity index (χ4v) is 3.69. The summed E-state index contributed by atoms with van der Waals surface area (Å²) in [7, 11) is 1.55. The fraction of sp³-hybridized carbons (Fsp3) is 0.300. The highest BCUT2D eigenvalue weighted by molar-refractivity contribution is 9.10. The smallest absolute Gasteiger partial charge is 0.338 e. The molecule has 0 unspecified atom stereocenters. The average Bonchev–Trinajstić information content (AvgIpc) is 2.66. The molecule has 1 N–H and O–H groups in total. The van der Waals surface area contributed by atoms with Crippen molar-refractivity contribution < 1.29 is 19.1 Å². The van der Waals surface area contributed by atoms with Gasteiger partial charge in [-0.05, 0) is 64.5 Å². The summed E-state index contributed by atoms with van der Waals surface area (Å²) in [6, 6.07) is 13.0. The zero-order valence-corrected chi connectivity index (χ0v) is 16.0. The summed E-state index contributed by atoms with van der Waals surface area (Å²) in [4.78, 5) is 24.3. The second-order valence-corrected chi connectivity index (χ2v) is 6.99. The van der Waals surface area contributed by atoms with E-state index in [4.69, 9.17) is 9.47 Å². The van der Waals surface area contributed by atoms with E-state index < -0.39 is 5.97 Å². The summed E-state index contributed by atoms with van der Waals surface area (Å²) in [6.45, 7) is -0.304. The van der Waals surface area contributed by atoms with E-state index in [2.05, 4.69) is 27.3 Å². The van der Waals surface area contributed by atoms with Crippen LogP contribution in [0.5, 0.6) is 5.75 Å². The van der Waals surface area contributed by atoms with Crippen LogP contribution in [0.2, 0.25) is 0 Å². The maximum atomic E-state index is 12.2. The predicted molar refractivity (Wildman–Crippen MR) is 101 cm³/mol. The molecule has 1 aliphatic rings. The molecule has 0 heterocycles.